The molecule has 0 aliphatic heterocycles. The van der Waals surface area contributed by atoms with Gasteiger partial charge in [-0.25, -0.2) is 0 Å². The van der Waals surface area contributed by atoms with Gasteiger partial charge in [-0.15, -0.1) is 0 Å². The molecule has 0 aliphatic carbocycles. The van der Waals surface area contributed by atoms with E-state index in [1.54, 1.807) is 0 Å². The number of rotatable bonds is 3. The molecular weight excluding hydrogens is 146 g/mol. The van der Waals surface area contributed by atoms with Crippen molar-refractivity contribution >= 4 is 18.9 Å². The maximum Gasteiger partial charge on any atom is 0.201 e. The molecule has 0 heterocycles. The number of nitriles is 1. The lowest BCUT2D eigenvalue weighted by molar-refractivity contribution is 0.623. The van der Waals surface area contributed by atoms with E-state index in [1.165, 1.54) is 0 Å². The Balaban J connectivity index is 2.85. The van der Waals surface area contributed by atoms with Crippen LogP contribution >= 0.6 is 18.9 Å². The molecule has 0 rings (SSSR count). The summed E-state index contributed by atoms with van der Waals surface area (Å²) in [7, 11) is -1.54. The van der Waals surface area contributed by atoms with Gasteiger partial charge in [-0.05, 0) is 11.2 Å². The Morgan fingerprint density at radius 3 is 2.88 bits per heavy atom. The molecular formula is C3H6ClN2OP. The number of hydrogen-bond donors (Lipinski definition) is 2. The number of halogens is 1. The first-order valence-corrected chi connectivity index (χ1v) is 4.22. The summed E-state index contributed by atoms with van der Waals surface area (Å²) in [6.45, 7) is 0.461. The Morgan fingerprint density at radius 2 is 2.50 bits per heavy atom. The van der Waals surface area contributed by atoms with E-state index in [0.717, 1.165) is 0 Å². The Morgan fingerprint density at radius 1 is 1.88 bits per heavy atom. The molecule has 5 heteroatoms. The maximum absolute atomic E-state index is 8.39. The Bertz CT molecular complexity index is 91.8. The van der Waals surface area contributed by atoms with E-state index in [9.17, 15) is 0 Å². The minimum absolute atomic E-state index is 0.381. The van der Waals surface area contributed by atoms with E-state index in [0.29, 0.717) is 13.0 Å². The highest BCUT2D eigenvalue weighted by Crippen LogP contribution is 2.29. The van der Waals surface area contributed by atoms with Gasteiger partial charge in [0.1, 0.15) is 0 Å². The summed E-state index contributed by atoms with van der Waals surface area (Å²) in [5, 5.41) is 10.5. The van der Waals surface area contributed by atoms with Crippen molar-refractivity contribution in [1.29, 1.82) is 5.26 Å². The molecule has 2 N–H and O–H groups in total. The van der Waals surface area contributed by atoms with Gasteiger partial charge in [0.2, 0.25) is 7.65 Å². The van der Waals surface area contributed by atoms with Gasteiger partial charge in [0.25, 0.3) is 0 Å². The van der Waals surface area contributed by atoms with Crippen molar-refractivity contribution in [2.75, 3.05) is 6.54 Å². The van der Waals surface area contributed by atoms with Crippen LogP contribution in [0.2, 0.25) is 0 Å². The van der Waals surface area contributed by atoms with E-state index < -0.39 is 7.65 Å². The van der Waals surface area contributed by atoms with Crippen LogP contribution in [0.15, 0.2) is 0 Å². The maximum atomic E-state index is 8.39. The third kappa shape index (κ3) is 6.13. The fraction of sp³-hybridized carbons (Fsp3) is 0.667. The van der Waals surface area contributed by atoms with Crippen LogP contribution in [0.5, 0.6) is 0 Å². The van der Waals surface area contributed by atoms with Crippen LogP contribution in [0.4, 0.5) is 0 Å². The average molecular weight is 153 g/mol. The Labute approximate surface area is 53.9 Å². The van der Waals surface area contributed by atoms with Crippen LogP contribution in [0.3, 0.4) is 0 Å². The van der Waals surface area contributed by atoms with Crippen molar-refractivity contribution in [3.05, 3.63) is 0 Å². The van der Waals surface area contributed by atoms with Crippen LogP contribution in [0, 0.1) is 11.3 Å². The van der Waals surface area contributed by atoms with E-state index in [4.69, 9.17) is 21.4 Å². The van der Waals surface area contributed by atoms with E-state index in [1.807, 2.05) is 6.07 Å². The molecule has 1 atom stereocenters. The van der Waals surface area contributed by atoms with Gasteiger partial charge in [-0.2, -0.15) is 5.26 Å². The largest absolute Gasteiger partial charge is 0.347 e. The van der Waals surface area contributed by atoms with Crippen molar-refractivity contribution in [2.24, 2.45) is 0 Å². The lowest BCUT2D eigenvalue weighted by Gasteiger charge is -1.98. The predicted molar refractivity (Wildman–Crippen MR) is 33.2 cm³/mol. The highest BCUT2D eigenvalue weighted by molar-refractivity contribution is 7.77. The third-order valence-corrected chi connectivity index (χ3v) is 1.32. The molecule has 0 aromatic carbocycles. The zero-order chi connectivity index (χ0) is 6.41. The molecule has 46 valence electrons. The van der Waals surface area contributed by atoms with Crippen molar-refractivity contribution < 1.29 is 4.89 Å². The summed E-state index contributed by atoms with van der Waals surface area (Å²) in [6.07, 6.45) is 0.381. The second-order valence-electron chi connectivity index (χ2n) is 1.08. The first-order chi connectivity index (χ1) is 3.77. The zero-order valence-electron chi connectivity index (χ0n) is 4.13. The molecule has 0 aliphatic rings. The zero-order valence-corrected chi connectivity index (χ0v) is 5.78. The topological polar surface area (TPSA) is 56.0 Å². The first-order valence-electron chi connectivity index (χ1n) is 2.02. The van der Waals surface area contributed by atoms with Gasteiger partial charge in [0, 0.05) is 13.0 Å². The summed E-state index contributed by atoms with van der Waals surface area (Å²) in [5.41, 5.74) is 0. The van der Waals surface area contributed by atoms with Crippen molar-refractivity contribution in [2.45, 2.75) is 6.42 Å². The Hall–Kier alpha value is 0.130. The van der Waals surface area contributed by atoms with Crippen LogP contribution < -0.4 is 5.09 Å². The highest BCUT2D eigenvalue weighted by Gasteiger charge is 1.93. The minimum atomic E-state index is -1.54. The molecule has 0 fully saturated rings. The molecule has 8 heavy (non-hydrogen) atoms. The SMILES string of the molecule is N#CCCNP(O)Cl. The van der Waals surface area contributed by atoms with Crippen molar-refractivity contribution in [3.8, 4) is 6.07 Å². The molecule has 1 unspecified atom stereocenters. The minimum Gasteiger partial charge on any atom is -0.347 e. The molecule has 0 amide bonds. The fourth-order valence-electron chi connectivity index (χ4n) is 0.204. The average Bonchev–Trinajstić information content (AvgIpc) is 1.66. The quantitative estimate of drug-likeness (QED) is 0.468. The number of nitrogens with zero attached hydrogens (tertiary/aromatic N) is 1. The van der Waals surface area contributed by atoms with Gasteiger partial charge in [-0.1, -0.05) is 0 Å². The summed E-state index contributed by atoms with van der Waals surface area (Å²) in [4.78, 5) is 8.39. The van der Waals surface area contributed by atoms with Gasteiger partial charge >= 0.3 is 0 Å². The lowest BCUT2D eigenvalue weighted by atomic mass is 10.5. The molecule has 0 bridgehead atoms. The molecule has 0 saturated carbocycles. The summed E-state index contributed by atoms with van der Waals surface area (Å²) in [5.74, 6) is 0. The third-order valence-electron chi connectivity index (χ3n) is 0.479. The van der Waals surface area contributed by atoms with E-state index in [-0.39, 0.29) is 0 Å². The molecule has 0 aromatic heterocycles. The number of nitrogens with one attached hydrogen (secondary N) is 1. The summed E-state index contributed by atoms with van der Waals surface area (Å²) < 4.78 is 0. The highest BCUT2D eigenvalue weighted by atomic mass is 35.7. The predicted octanol–water partition coefficient (Wildman–Crippen LogP) is 0.948. The molecule has 3 nitrogen and oxygen atoms in total. The molecule has 0 radical (unpaired) electrons. The molecule has 0 aromatic rings. The lowest BCUT2D eigenvalue weighted by Crippen LogP contribution is -2.04. The van der Waals surface area contributed by atoms with Gasteiger partial charge in [-0.3, -0.25) is 5.09 Å². The van der Waals surface area contributed by atoms with Gasteiger partial charge in [0.15, 0.2) is 0 Å². The molecule has 0 saturated heterocycles. The normalized spacial score (nSPS) is 12.6. The smallest absolute Gasteiger partial charge is 0.201 e. The van der Waals surface area contributed by atoms with E-state index in [2.05, 4.69) is 5.09 Å². The second-order valence-corrected chi connectivity index (χ2v) is 2.87. The molecule has 0 spiro atoms. The van der Waals surface area contributed by atoms with Crippen LogP contribution in [-0.2, 0) is 0 Å². The Kier molecular flexibility index (Phi) is 5.36. The van der Waals surface area contributed by atoms with Gasteiger partial charge in [0.05, 0.1) is 6.07 Å². The fourth-order valence-corrected chi connectivity index (χ4v) is 0.754. The first kappa shape index (κ1) is 8.13. The second kappa shape index (κ2) is 5.27. The standard InChI is InChI=1S/C3H6ClN2OP/c4-8(7)6-3-1-2-5/h6-7H,1,3H2. The van der Waals surface area contributed by atoms with Gasteiger partial charge < -0.3 is 4.89 Å². The van der Waals surface area contributed by atoms with Crippen molar-refractivity contribution in [3.63, 3.8) is 0 Å². The summed E-state index contributed by atoms with van der Waals surface area (Å²) in [6, 6.07) is 1.90. The van der Waals surface area contributed by atoms with Crippen LogP contribution in [-0.4, -0.2) is 11.4 Å². The van der Waals surface area contributed by atoms with E-state index >= 15 is 0 Å². The van der Waals surface area contributed by atoms with Crippen molar-refractivity contribution in [1.82, 2.24) is 5.09 Å². The monoisotopic (exact) mass is 152 g/mol. The summed E-state index contributed by atoms with van der Waals surface area (Å²) >= 11 is 5.11. The number of hydrogen-bond acceptors (Lipinski definition) is 3. The van der Waals surface area contributed by atoms with Crippen LogP contribution in [0.1, 0.15) is 6.42 Å². The van der Waals surface area contributed by atoms with Crippen LogP contribution in [0.25, 0.3) is 0 Å².